The van der Waals surface area contributed by atoms with Crippen LogP contribution in [0.15, 0.2) is 54.9 Å². The molecule has 230 valence electrons. The summed E-state index contributed by atoms with van der Waals surface area (Å²) in [6.07, 6.45) is 5.48. The number of pyridine rings is 1. The molecule has 0 radical (unpaired) electrons. The lowest BCUT2D eigenvalue weighted by Gasteiger charge is -2.23. The van der Waals surface area contributed by atoms with Gasteiger partial charge in [-0.05, 0) is 49.1 Å². The molecule has 4 heterocycles. The summed E-state index contributed by atoms with van der Waals surface area (Å²) in [5, 5.41) is 9.06. The molecule has 2 aliphatic rings. The largest absolute Gasteiger partial charge is 0.497 e. The Hall–Kier alpha value is -5.03. The first kappa shape index (κ1) is 28.7. The number of carbonyl (C=O) groups excluding carboxylic acids is 1. The van der Waals surface area contributed by atoms with E-state index in [9.17, 15) is 4.79 Å². The molecule has 0 atom stereocenters. The van der Waals surface area contributed by atoms with Gasteiger partial charge in [-0.25, -0.2) is 15.0 Å². The van der Waals surface area contributed by atoms with E-state index in [-0.39, 0.29) is 5.91 Å². The molecule has 0 unspecified atom stereocenters. The normalized spacial score (nSPS) is 14.0. The van der Waals surface area contributed by atoms with Crippen molar-refractivity contribution >= 4 is 28.4 Å². The Bertz CT molecular complexity index is 1900. The SMILES string of the molecule is COc1ccc(CNc2nc3cc(CN(C(=O)c4cnc(C5CC5)nc4)c4cc(C)nn4C)ccc3c3c2COC3)c(OC)c1. The molecule has 45 heavy (non-hydrogen) atoms. The van der Waals surface area contributed by atoms with Crippen molar-refractivity contribution < 1.29 is 19.0 Å². The quantitative estimate of drug-likeness (QED) is 0.222. The number of nitrogens with one attached hydrogen (secondary N) is 1. The smallest absolute Gasteiger partial charge is 0.262 e. The van der Waals surface area contributed by atoms with E-state index in [1.165, 1.54) is 0 Å². The van der Waals surface area contributed by atoms with Gasteiger partial charge in [0.1, 0.15) is 29.0 Å². The predicted octanol–water partition coefficient (Wildman–Crippen LogP) is 5.45. The van der Waals surface area contributed by atoms with Gasteiger partial charge in [-0.1, -0.05) is 12.1 Å². The van der Waals surface area contributed by atoms with Gasteiger partial charge in [-0.3, -0.25) is 14.4 Å². The van der Waals surface area contributed by atoms with E-state index < -0.39 is 0 Å². The number of aromatic nitrogens is 5. The molecule has 1 saturated carbocycles. The summed E-state index contributed by atoms with van der Waals surface area (Å²) < 4.78 is 18.5. The maximum Gasteiger partial charge on any atom is 0.262 e. The second-order valence-corrected chi connectivity index (χ2v) is 11.6. The molecule has 11 nitrogen and oxygen atoms in total. The zero-order valence-electron chi connectivity index (χ0n) is 25.8. The van der Waals surface area contributed by atoms with Gasteiger partial charge in [-0.2, -0.15) is 5.10 Å². The molecule has 0 spiro atoms. The van der Waals surface area contributed by atoms with E-state index in [0.29, 0.717) is 43.6 Å². The lowest BCUT2D eigenvalue weighted by Crippen LogP contribution is -2.32. The minimum Gasteiger partial charge on any atom is -0.497 e. The number of fused-ring (bicyclic) bond motifs is 3. The van der Waals surface area contributed by atoms with Crippen LogP contribution in [0.25, 0.3) is 10.9 Å². The third-order valence-electron chi connectivity index (χ3n) is 8.40. The number of aryl methyl sites for hydroxylation is 2. The van der Waals surface area contributed by atoms with Gasteiger partial charge in [0, 0.05) is 60.5 Å². The number of hydrogen-bond donors (Lipinski definition) is 1. The Morgan fingerprint density at radius 3 is 2.56 bits per heavy atom. The minimum absolute atomic E-state index is 0.188. The molecule has 1 amide bonds. The summed E-state index contributed by atoms with van der Waals surface area (Å²) >= 11 is 0. The zero-order valence-corrected chi connectivity index (χ0v) is 25.8. The van der Waals surface area contributed by atoms with Crippen LogP contribution in [0.4, 0.5) is 11.6 Å². The van der Waals surface area contributed by atoms with Gasteiger partial charge in [-0.15, -0.1) is 0 Å². The Kier molecular flexibility index (Phi) is 7.54. The lowest BCUT2D eigenvalue weighted by molar-refractivity contribution is 0.0982. The van der Waals surface area contributed by atoms with E-state index in [1.54, 1.807) is 36.2 Å². The highest BCUT2D eigenvalue weighted by atomic mass is 16.5. The van der Waals surface area contributed by atoms with Crippen LogP contribution < -0.4 is 19.7 Å². The highest BCUT2D eigenvalue weighted by Crippen LogP contribution is 2.38. The number of anilines is 2. The van der Waals surface area contributed by atoms with Crippen LogP contribution in [0, 0.1) is 6.92 Å². The molecule has 5 aromatic rings. The molecule has 7 rings (SSSR count). The van der Waals surface area contributed by atoms with Gasteiger partial charge in [0.05, 0.1) is 50.8 Å². The highest BCUT2D eigenvalue weighted by Gasteiger charge is 2.28. The summed E-state index contributed by atoms with van der Waals surface area (Å²) in [5.74, 6) is 3.97. The number of benzene rings is 2. The summed E-state index contributed by atoms with van der Waals surface area (Å²) in [6, 6.07) is 13.9. The molecule has 11 heteroatoms. The Balaban J connectivity index is 1.20. The van der Waals surface area contributed by atoms with Crippen molar-refractivity contribution in [3.05, 3.63) is 94.2 Å². The number of ether oxygens (including phenoxy) is 3. The van der Waals surface area contributed by atoms with Crippen LogP contribution >= 0.6 is 0 Å². The molecule has 1 N–H and O–H groups in total. The van der Waals surface area contributed by atoms with Crippen molar-refractivity contribution in [2.45, 2.75) is 52.0 Å². The van der Waals surface area contributed by atoms with Gasteiger partial charge in [0.2, 0.25) is 0 Å². The number of carbonyl (C=O) groups is 1. The fourth-order valence-electron chi connectivity index (χ4n) is 5.86. The zero-order chi connectivity index (χ0) is 31.1. The number of hydrogen-bond acceptors (Lipinski definition) is 9. The number of rotatable bonds is 10. The van der Waals surface area contributed by atoms with Gasteiger partial charge < -0.3 is 19.5 Å². The third kappa shape index (κ3) is 5.66. The summed E-state index contributed by atoms with van der Waals surface area (Å²) in [4.78, 5) is 29.7. The molecule has 1 aliphatic heterocycles. The standard InChI is InChI=1S/C34H35N7O4/c1-20-11-31(40(2)39-20)41(34(42)24-15-35-32(36-16-24)22-6-7-22)17-21-5-10-26-27-18-45-19-28(27)33(38-29(26)12-21)37-14-23-8-9-25(43-3)13-30(23)44-4/h5,8-13,15-16,22H,6-7,14,17-19H2,1-4H3,(H,37,38). The molecular formula is C34H35N7O4. The molecule has 1 aliphatic carbocycles. The van der Waals surface area contributed by atoms with Crippen LogP contribution in [0.1, 0.15) is 62.9 Å². The van der Waals surface area contributed by atoms with Crippen LogP contribution in [0.3, 0.4) is 0 Å². The van der Waals surface area contributed by atoms with Crippen molar-refractivity contribution in [1.82, 2.24) is 24.7 Å². The number of amides is 1. The van der Waals surface area contributed by atoms with Crippen LogP contribution in [-0.2, 0) is 38.1 Å². The first-order valence-corrected chi connectivity index (χ1v) is 15.0. The molecular weight excluding hydrogens is 570 g/mol. The van der Waals surface area contributed by atoms with Gasteiger partial charge in [0.15, 0.2) is 0 Å². The Morgan fingerprint density at radius 2 is 1.84 bits per heavy atom. The molecule has 0 bridgehead atoms. The van der Waals surface area contributed by atoms with Crippen molar-refractivity contribution in [3.8, 4) is 11.5 Å². The van der Waals surface area contributed by atoms with E-state index in [2.05, 4.69) is 26.4 Å². The van der Waals surface area contributed by atoms with E-state index in [4.69, 9.17) is 19.2 Å². The maximum absolute atomic E-state index is 13.9. The van der Waals surface area contributed by atoms with Crippen molar-refractivity contribution in [2.24, 2.45) is 7.05 Å². The third-order valence-corrected chi connectivity index (χ3v) is 8.40. The second kappa shape index (κ2) is 11.8. The van der Waals surface area contributed by atoms with Crippen LogP contribution in [0.2, 0.25) is 0 Å². The fraction of sp³-hybridized carbons (Fsp3) is 0.324. The maximum atomic E-state index is 13.9. The van der Waals surface area contributed by atoms with E-state index in [0.717, 1.165) is 74.8 Å². The predicted molar refractivity (Wildman–Crippen MR) is 170 cm³/mol. The first-order chi connectivity index (χ1) is 21.9. The Labute approximate surface area is 261 Å². The summed E-state index contributed by atoms with van der Waals surface area (Å²) in [7, 11) is 5.13. The second-order valence-electron chi connectivity index (χ2n) is 11.6. The highest BCUT2D eigenvalue weighted by molar-refractivity contribution is 6.05. The molecule has 3 aromatic heterocycles. The average molecular weight is 606 g/mol. The molecule has 0 saturated heterocycles. The average Bonchev–Trinajstić information content (AvgIpc) is 3.69. The van der Waals surface area contributed by atoms with Crippen LogP contribution in [-0.4, -0.2) is 44.9 Å². The van der Waals surface area contributed by atoms with Gasteiger partial charge >= 0.3 is 0 Å². The topological polar surface area (TPSA) is 117 Å². The van der Waals surface area contributed by atoms with Crippen molar-refractivity contribution in [3.63, 3.8) is 0 Å². The minimum atomic E-state index is -0.188. The Morgan fingerprint density at radius 1 is 1.04 bits per heavy atom. The fourth-order valence-corrected chi connectivity index (χ4v) is 5.86. The van der Waals surface area contributed by atoms with E-state index >= 15 is 0 Å². The summed E-state index contributed by atoms with van der Waals surface area (Å²) in [6.45, 7) is 3.76. The van der Waals surface area contributed by atoms with E-state index in [1.807, 2.05) is 50.4 Å². The molecule has 2 aromatic carbocycles. The lowest BCUT2D eigenvalue weighted by atomic mass is 10.0. The first-order valence-electron chi connectivity index (χ1n) is 15.0. The van der Waals surface area contributed by atoms with Gasteiger partial charge in [0.25, 0.3) is 5.91 Å². The summed E-state index contributed by atoms with van der Waals surface area (Å²) in [5.41, 5.74) is 6.18. The van der Waals surface area contributed by atoms with Crippen LogP contribution in [0.5, 0.6) is 11.5 Å². The molecule has 1 fully saturated rings. The number of nitrogens with zero attached hydrogens (tertiary/aromatic N) is 6. The van der Waals surface area contributed by atoms with Crippen molar-refractivity contribution in [1.29, 1.82) is 0 Å². The number of methoxy groups -OCH3 is 2. The monoisotopic (exact) mass is 605 g/mol. The van der Waals surface area contributed by atoms with Crippen molar-refractivity contribution in [2.75, 3.05) is 24.4 Å².